The quantitative estimate of drug-likeness (QED) is 0.350. The number of anilines is 3. The van der Waals surface area contributed by atoms with Crippen LogP contribution >= 0.6 is 11.3 Å². The first-order valence-corrected chi connectivity index (χ1v) is 12.4. The van der Waals surface area contributed by atoms with Gasteiger partial charge in [-0.15, -0.1) is 11.3 Å². The summed E-state index contributed by atoms with van der Waals surface area (Å²) in [4.78, 5) is 42.7. The van der Waals surface area contributed by atoms with Gasteiger partial charge in [0.15, 0.2) is 5.13 Å². The number of hydrogen-bond acceptors (Lipinski definition) is 5. The molecular weight excluding hydrogens is 472 g/mol. The minimum Gasteiger partial charge on any atom is -0.322 e. The van der Waals surface area contributed by atoms with E-state index in [2.05, 4.69) is 15.6 Å². The third-order valence-electron chi connectivity index (χ3n) is 6.13. The fourth-order valence-corrected chi connectivity index (χ4v) is 5.03. The molecule has 2 N–H and O–H groups in total. The Morgan fingerprint density at radius 3 is 2.69 bits per heavy atom. The average Bonchev–Trinajstić information content (AvgIpc) is 3.51. The molecule has 180 valence electrons. The molecule has 8 heteroatoms. The monoisotopic (exact) mass is 496 g/mol. The Morgan fingerprint density at radius 1 is 1.08 bits per heavy atom. The average molecular weight is 497 g/mol. The van der Waals surface area contributed by atoms with Crippen molar-refractivity contribution in [1.29, 1.82) is 0 Å². The highest BCUT2D eigenvalue weighted by atomic mass is 32.1. The predicted molar refractivity (Wildman–Crippen MR) is 143 cm³/mol. The van der Waals surface area contributed by atoms with E-state index < -0.39 is 0 Å². The lowest BCUT2D eigenvalue weighted by Gasteiger charge is -2.17. The van der Waals surface area contributed by atoms with Crippen LogP contribution in [-0.2, 0) is 22.4 Å². The van der Waals surface area contributed by atoms with Gasteiger partial charge in [-0.2, -0.15) is 0 Å². The van der Waals surface area contributed by atoms with E-state index in [1.165, 1.54) is 11.3 Å². The van der Waals surface area contributed by atoms with Gasteiger partial charge in [0.25, 0.3) is 5.91 Å². The van der Waals surface area contributed by atoms with Gasteiger partial charge in [0.1, 0.15) is 0 Å². The van der Waals surface area contributed by atoms with Crippen LogP contribution in [0.15, 0.2) is 72.1 Å². The molecule has 36 heavy (non-hydrogen) atoms. The van der Waals surface area contributed by atoms with Crippen molar-refractivity contribution in [2.24, 2.45) is 0 Å². The topological polar surface area (TPSA) is 91.4 Å². The Bertz CT molecular complexity index is 1450. The van der Waals surface area contributed by atoms with E-state index in [9.17, 15) is 14.4 Å². The summed E-state index contributed by atoms with van der Waals surface area (Å²) >= 11 is 1.29. The minimum absolute atomic E-state index is 0.0551. The van der Waals surface area contributed by atoms with Gasteiger partial charge >= 0.3 is 0 Å². The van der Waals surface area contributed by atoms with E-state index >= 15 is 0 Å². The molecule has 5 rings (SSSR count). The summed E-state index contributed by atoms with van der Waals surface area (Å²) in [5, 5.41) is 7.77. The molecule has 2 heterocycles. The molecule has 4 aromatic rings. The summed E-state index contributed by atoms with van der Waals surface area (Å²) in [5.41, 5.74) is 6.80. The van der Waals surface area contributed by atoms with Crippen LogP contribution in [0.3, 0.4) is 0 Å². The third-order valence-corrected chi connectivity index (χ3v) is 6.96. The first-order chi connectivity index (χ1) is 17.5. The molecule has 0 atom stereocenters. The van der Waals surface area contributed by atoms with Crippen molar-refractivity contribution in [3.8, 4) is 11.1 Å². The summed E-state index contributed by atoms with van der Waals surface area (Å²) in [5.74, 6) is -0.235. The van der Waals surface area contributed by atoms with E-state index in [4.69, 9.17) is 0 Å². The number of fused-ring (bicyclic) bond motifs is 1. The van der Waals surface area contributed by atoms with E-state index in [1.807, 2.05) is 73.7 Å². The van der Waals surface area contributed by atoms with E-state index in [1.54, 1.807) is 10.3 Å². The number of rotatable bonds is 7. The fourth-order valence-electron chi connectivity index (χ4n) is 4.36. The molecule has 3 aromatic carbocycles. The van der Waals surface area contributed by atoms with Crippen LogP contribution in [0, 0.1) is 6.92 Å². The maximum absolute atomic E-state index is 13.2. The molecule has 0 saturated carbocycles. The molecular formula is C28H24N4O3S. The zero-order valence-electron chi connectivity index (χ0n) is 19.7. The number of nitrogens with one attached hydrogen (secondary N) is 2. The number of aromatic nitrogens is 1. The van der Waals surface area contributed by atoms with Gasteiger partial charge in [-0.3, -0.25) is 14.4 Å². The van der Waals surface area contributed by atoms with Crippen molar-refractivity contribution >= 4 is 46.1 Å². The highest BCUT2D eigenvalue weighted by Gasteiger charge is 2.26. The maximum atomic E-state index is 13.2. The highest BCUT2D eigenvalue weighted by Crippen LogP contribution is 2.32. The number of carbonyl (C=O) groups excluding carboxylic acids is 3. The normalized spacial score (nSPS) is 12.2. The second kappa shape index (κ2) is 10.1. The lowest BCUT2D eigenvalue weighted by atomic mass is 9.98. The Labute approximate surface area is 212 Å². The molecule has 0 fully saturated rings. The first kappa shape index (κ1) is 23.4. The van der Waals surface area contributed by atoms with Crippen molar-refractivity contribution < 1.29 is 14.4 Å². The smallest absolute Gasteiger partial charge is 0.256 e. The lowest BCUT2D eigenvalue weighted by Crippen LogP contribution is -2.30. The first-order valence-electron chi connectivity index (χ1n) is 11.6. The molecule has 0 spiro atoms. The largest absolute Gasteiger partial charge is 0.322 e. The molecule has 3 amide bonds. The zero-order valence-corrected chi connectivity index (χ0v) is 20.5. The Balaban J connectivity index is 1.30. The van der Waals surface area contributed by atoms with Gasteiger partial charge in [-0.1, -0.05) is 48.0 Å². The maximum Gasteiger partial charge on any atom is 0.256 e. The molecule has 0 unspecified atom stereocenters. The number of hydrogen-bond donors (Lipinski definition) is 2. The third kappa shape index (κ3) is 4.89. The number of carbonyl (C=O) groups is 3. The van der Waals surface area contributed by atoms with Crippen molar-refractivity contribution in [3.63, 3.8) is 0 Å². The standard InChI is InChI=1S/C28H24N4O3S/c1-18-6-8-19(9-7-18)23-4-2-3-5-24(23)27(35)30-21-10-11-25-20(14-21)12-13-32(25)26(34)15-22-16-36-28(31-22)29-17-33/h2-11,14,16-17H,12-13,15H2,1H3,(H,30,35)(H,29,31,33). The van der Waals surface area contributed by atoms with Crippen LogP contribution in [0.1, 0.15) is 27.2 Å². The van der Waals surface area contributed by atoms with Gasteiger partial charge in [-0.05, 0) is 54.3 Å². The number of benzene rings is 3. The van der Waals surface area contributed by atoms with Crippen LogP contribution in [0.25, 0.3) is 11.1 Å². The van der Waals surface area contributed by atoms with Gasteiger partial charge in [-0.25, -0.2) is 4.98 Å². The van der Waals surface area contributed by atoms with Crippen molar-refractivity contribution in [1.82, 2.24) is 4.98 Å². The molecule has 0 aliphatic carbocycles. The lowest BCUT2D eigenvalue weighted by molar-refractivity contribution is -0.118. The van der Waals surface area contributed by atoms with Gasteiger partial charge in [0.2, 0.25) is 12.3 Å². The number of thiazole rings is 1. The molecule has 1 aliphatic heterocycles. The second-order valence-electron chi connectivity index (χ2n) is 8.59. The summed E-state index contributed by atoms with van der Waals surface area (Å²) in [6.07, 6.45) is 1.43. The van der Waals surface area contributed by atoms with Crippen LogP contribution in [0.5, 0.6) is 0 Å². The fraction of sp³-hybridized carbons (Fsp3) is 0.143. The van der Waals surface area contributed by atoms with Gasteiger partial charge in [0.05, 0.1) is 12.1 Å². The van der Waals surface area contributed by atoms with Crippen LogP contribution in [0.4, 0.5) is 16.5 Å². The Kier molecular flexibility index (Phi) is 6.60. The second-order valence-corrected chi connectivity index (χ2v) is 9.45. The van der Waals surface area contributed by atoms with Crippen molar-refractivity contribution in [2.75, 3.05) is 22.1 Å². The van der Waals surface area contributed by atoms with Crippen LogP contribution in [0.2, 0.25) is 0 Å². The van der Waals surface area contributed by atoms with Crippen molar-refractivity contribution in [3.05, 3.63) is 94.5 Å². The van der Waals surface area contributed by atoms with Crippen LogP contribution < -0.4 is 15.5 Å². The molecule has 0 bridgehead atoms. The van der Waals surface area contributed by atoms with Crippen molar-refractivity contribution in [2.45, 2.75) is 19.8 Å². The zero-order chi connectivity index (χ0) is 25.1. The summed E-state index contributed by atoms with van der Waals surface area (Å²) < 4.78 is 0. The minimum atomic E-state index is -0.180. The van der Waals surface area contributed by atoms with Crippen LogP contribution in [-0.4, -0.2) is 29.8 Å². The number of aryl methyl sites for hydroxylation is 1. The summed E-state index contributed by atoms with van der Waals surface area (Å²) in [7, 11) is 0. The molecule has 7 nitrogen and oxygen atoms in total. The number of amides is 3. The Morgan fingerprint density at radius 2 is 1.89 bits per heavy atom. The molecule has 0 saturated heterocycles. The van der Waals surface area contributed by atoms with E-state index in [-0.39, 0.29) is 18.2 Å². The molecule has 0 radical (unpaired) electrons. The summed E-state index contributed by atoms with van der Waals surface area (Å²) in [6, 6.07) is 21.3. The molecule has 1 aromatic heterocycles. The highest BCUT2D eigenvalue weighted by molar-refractivity contribution is 7.13. The van der Waals surface area contributed by atoms with E-state index in [0.717, 1.165) is 27.9 Å². The SMILES string of the molecule is Cc1ccc(-c2ccccc2C(=O)Nc2ccc3c(c2)CCN3C(=O)Cc2csc(NC=O)n2)cc1. The van der Waals surface area contributed by atoms with Gasteiger partial charge < -0.3 is 15.5 Å². The Hall–Kier alpha value is -4.30. The summed E-state index contributed by atoms with van der Waals surface area (Å²) in [6.45, 7) is 2.61. The van der Waals surface area contributed by atoms with Gasteiger partial charge in [0, 0.05) is 28.9 Å². The predicted octanol–water partition coefficient (Wildman–Crippen LogP) is 5.07. The number of nitrogens with zero attached hydrogens (tertiary/aromatic N) is 2. The van der Waals surface area contributed by atoms with E-state index in [0.29, 0.717) is 41.5 Å². The molecule has 1 aliphatic rings.